The molecule has 0 amide bonds. The number of aromatic nitrogens is 3. The van der Waals surface area contributed by atoms with Gasteiger partial charge < -0.3 is 14.8 Å². The van der Waals surface area contributed by atoms with Crippen molar-refractivity contribution in [3.05, 3.63) is 42.9 Å². The van der Waals surface area contributed by atoms with Crippen LogP contribution in [0.5, 0.6) is 5.75 Å². The smallest absolute Gasteiger partial charge is 0.257 e. The van der Waals surface area contributed by atoms with Crippen LogP contribution in [0.2, 0.25) is 0 Å². The third-order valence-electron chi connectivity index (χ3n) is 4.62. The molecule has 1 fully saturated rings. The van der Waals surface area contributed by atoms with Gasteiger partial charge in [0.1, 0.15) is 25.0 Å². The van der Waals surface area contributed by atoms with Gasteiger partial charge in [0.05, 0.1) is 11.7 Å². The van der Waals surface area contributed by atoms with Gasteiger partial charge in [-0.1, -0.05) is 0 Å². The lowest BCUT2D eigenvalue weighted by atomic mass is 10.1. The number of ether oxygens (including phenoxy) is 2. The van der Waals surface area contributed by atoms with Crippen LogP contribution in [0.15, 0.2) is 42.9 Å². The average molecular weight is 388 g/mol. The van der Waals surface area contributed by atoms with E-state index in [1.54, 1.807) is 18.6 Å². The van der Waals surface area contributed by atoms with E-state index in [9.17, 15) is 8.78 Å². The minimum atomic E-state index is -2.45. The van der Waals surface area contributed by atoms with Crippen LogP contribution in [0.25, 0.3) is 22.0 Å². The summed E-state index contributed by atoms with van der Waals surface area (Å²) in [6, 6.07) is 7.63. The Morgan fingerprint density at radius 2 is 2.25 bits per heavy atom. The highest BCUT2D eigenvalue weighted by molar-refractivity contribution is 5.89. The average Bonchev–Trinajstić information content (AvgIpc) is 2.99. The molecule has 28 heavy (non-hydrogen) atoms. The molecule has 0 bridgehead atoms. The third kappa shape index (κ3) is 4.45. The van der Waals surface area contributed by atoms with Crippen molar-refractivity contribution >= 4 is 10.9 Å². The molecule has 1 aliphatic heterocycles. The number of halogens is 2. The highest BCUT2D eigenvalue weighted by atomic mass is 19.3. The molecule has 1 saturated heterocycles. The highest BCUT2D eigenvalue weighted by Crippen LogP contribution is 2.31. The summed E-state index contributed by atoms with van der Waals surface area (Å²) in [4.78, 5) is 4.42. The summed E-state index contributed by atoms with van der Waals surface area (Å²) in [6.45, 7) is 2.40. The summed E-state index contributed by atoms with van der Waals surface area (Å²) >= 11 is 0. The molecule has 0 saturated carbocycles. The Labute approximate surface area is 161 Å². The first-order valence-corrected chi connectivity index (χ1v) is 9.34. The van der Waals surface area contributed by atoms with Crippen LogP contribution in [-0.2, 0) is 11.3 Å². The van der Waals surface area contributed by atoms with Crippen molar-refractivity contribution in [2.24, 2.45) is 0 Å². The van der Waals surface area contributed by atoms with E-state index in [0.717, 1.165) is 41.5 Å². The first kappa shape index (κ1) is 18.8. The third-order valence-corrected chi connectivity index (χ3v) is 4.62. The Morgan fingerprint density at radius 1 is 1.32 bits per heavy atom. The number of rotatable bonds is 6. The van der Waals surface area contributed by atoms with Crippen LogP contribution < -0.4 is 10.1 Å². The van der Waals surface area contributed by atoms with E-state index in [1.807, 2.05) is 24.3 Å². The quantitative estimate of drug-likeness (QED) is 0.703. The fourth-order valence-corrected chi connectivity index (χ4v) is 3.25. The van der Waals surface area contributed by atoms with Gasteiger partial charge in [-0.15, -0.1) is 0 Å². The number of alkyl halides is 2. The fraction of sp³-hybridized carbons (Fsp3) is 0.400. The second-order valence-corrected chi connectivity index (χ2v) is 6.75. The molecule has 0 unspecified atom stereocenters. The standard InChI is InChI=1S/C20H22F2N4O2/c21-20(22)12-26-11-15(9-25-26)14-7-18-17(3-1-5-24-18)19(8-14)28-13-16-10-23-4-2-6-27-16/h1,3,5,7-9,11,16,20,23H,2,4,6,10,12-13H2/t16-/m0/s1. The van der Waals surface area contributed by atoms with Gasteiger partial charge >= 0.3 is 0 Å². The van der Waals surface area contributed by atoms with Gasteiger partial charge in [-0.05, 0) is 42.8 Å². The van der Waals surface area contributed by atoms with Crippen LogP contribution >= 0.6 is 0 Å². The number of pyridine rings is 1. The number of nitrogens with one attached hydrogen (secondary N) is 1. The molecule has 0 spiro atoms. The monoisotopic (exact) mass is 388 g/mol. The van der Waals surface area contributed by atoms with Gasteiger partial charge in [0.15, 0.2) is 0 Å². The lowest BCUT2D eigenvalue weighted by Gasteiger charge is -2.17. The molecule has 0 radical (unpaired) electrons. The molecule has 1 aromatic carbocycles. The molecular formula is C20H22F2N4O2. The zero-order valence-electron chi connectivity index (χ0n) is 15.4. The molecule has 148 valence electrons. The maximum atomic E-state index is 12.6. The van der Waals surface area contributed by atoms with Crippen molar-refractivity contribution in [2.75, 3.05) is 26.3 Å². The van der Waals surface area contributed by atoms with Crippen molar-refractivity contribution < 1.29 is 18.3 Å². The second-order valence-electron chi connectivity index (χ2n) is 6.75. The summed E-state index contributed by atoms with van der Waals surface area (Å²) in [5.41, 5.74) is 2.34. The molecule has 3 aromatic rings. The normalized spacial score (nSPS) is 17.8. The Hall–Kier alpha value is -2.58. The van der Waals surface area contributed by atoms with E-state index in [1.165, 1.54) is 4.68 Å². The summed E-state index contributed by atoms with van der Waals surface area (Å²) in [7, 11) is 0. The van der Waals surface area contributed by atoms with Crippen molar-refractivity contribution in [2.45, 2.75) is 25.5 Å². The summed E-state index contributed by atoms with van der Waals surface area (Å²) < 4.78 is 38.4. The molecule has 4 rings (SSSR count). The van der Waals surface area contributed by atoms with Gasteiger partial charge in [0.2, 0.25) is 0 Å². The number of hydrogen-bond acceptors (Lipinski definition) is 5. The summed E-state index contributed by atoms with van der Waals surface area (Å²) in [5, 5.41) is 8.25. The Bertz CT molecular complexity index is 923. The minimum absolute atomic E-state index is 0.0216. The SMILES string of the molecule is FC(F)Cn1cc(-c2cc(OC[C@@H]3CNCCCO3)c3cccnc3c2)cn1. The van der Waals surface area contributed by atoms with E-state index >= 15 is 0 Å². The molecule has 8 heteroatoms. The largest absolute Gasteiger partial charge is 0.490 e. The van der Waals surface area contributed by atoms with Crippen LogP contribution in [0, 0.1) is 0 Å². The fourth-order valence-electron chi connectivity index (χ4n) is 3.25. The van der Waals surface area contributed by atoms with Gasteiger partial charge in [0.25, 0.3) is 6.43 Å². The molecule has 6 nitrogen and oxygen atoms in total. The van der Waals surface area contributed by atoms with Crippen LogP contribution in [0.1, 0.15) is 6.42 Å². The zero-order chi connectivity index (χ0) is 19.3. The van der Waals surface area contributed by atoms with E-state index in [2.05, 4.69) is 15.4 Å². The zero-order valence-corrected chi connectivity index (χ0v) is 15.4. The van der Waals surface area contributed by atoms with Crippen molar-refractivity contribution in [1.29, 1.82) is 0 Å². The van der Waals surface area contributed by atoms with E-state index in [4.69, 9.17) is 9.47 Å². The van der Waals surface area contributed by atoms with Crippen molar-refractivity contribution in [3.63, 3.8) is 0 Å². The van der Waals surface area contributed by atoms with Crippen LogP contribution in [0.3, 0.4) is 0 Å². The first-order chi connectivity index (χ1) is 13.7. The van der Waals surface area contributed by atoms with E-state index in [-0.39, 0.29) is 6.10 Å². The molecule has 2 aromatic heterocycles. The Balaban J connectivity index is 1.60. The van der Waals surface area contributed by atoms with Crippen molar-refractivity contribution in [3.8, 4) is 16.9 Å². The van der Waals surface area contributed by atoms with Crippen LogP contribution in [0.4, 0.5) is 8.78 Å². The molecule has 0 aliphatic carbocycles. The molecule has 1 N–H and O–H groups in total. The second kappa shape index (κ2) is 8.62. The van der Waals surface area contributed by atoms with Crippen molar-refractivity contribution in [1.82, 2.24) is 20.1 Å². The van der Waals surface area contributed by atoms with Crippen LogP contribution in [-0.4, -0.2) is 53.6 Å². The topological polar surface area (TPSA) is 61.2 Å². The minimum Gasteiger partial charge on any atom is -0.490 e. The number of benzene rings is 1. The Kier molecular flexibility index (Phi) is 5.78. The molecule has 1 atom stereocenters. The van der Waals surface area contributed by atoms with Gasteiger partial charge in [-0.25, -0.2) is 8.78 Å². The predicted octanol–water partition coefficient (Wildman–Crippen LogP) is 3.12. The van der Waals surface area contributed by atoms with Gasteiger partial charge in [0, 0.05) is 36.5 Å². The number of nitrogens with zero attached hydrogens (tertiary/aromatic N) is 3. The van der Waals surface area contributed by atoms with Gasteiger partial charge in [-0.2, -0.15) is 5.10 Å². The maximum absolute atomic E-state index is 12.6. The Morgan fingerprint density at radius 3 is 3.14 bits per heavy atom. The number of fused-ring (bicyclic) bond motifs is 1. The molecule has 1 aliphatic rings. The number of hydrogen-bond donors (Lipinski definition) is 1. The first-order valence-electron chi connectivity index (χ1n) is 9.34. The predicted molar refractivity (Wildman–Crippen MR) is 102 cm³/mol. The maximum Gasteiger partial charge on any atom is 0.257 e. The summed E-state index contributed by atoms with van der Waals surface area (Å²) in [6.07, 6.45) is 3.42. The summed E-state index contributed by atoms with van der Waals surface area (Å²) in [5.74, 6) is 0.690. The molecule has 3 heterocycles. The molecular weight excluding hydrogens is 366 g/mol. The van der Waals surface area contributed by atoms with E-state index in [0.29, 0.717) is 19.0 Å². The highest BCUT2D eigenvalue weighted by Gasteiger charge is 2.15. The van der Waals surface area contributed by atoms with E-state index < -0.39 is 13.0 Å². The van der Waals surface area contributed by atoms with Gasteiger partial charge in [-0.3, -0.25) is 9.67 Å². The lowest BCUT2D eigenvalue weighted by Crippen LogP contribution is -2.31. The lowest BCUT2D eigenvalue weighted by molar-refractivity contribution is 0.0328.